The predicted molar refractivity (Wildman–Crippen MR) is 125 cm³/mol. The number of hydrogen-bond acceptors (Lipinski definition) is 8. The van der Waals surface area contributed by atoms with Crippen LogP contribution in [0.3, 0.4) is 0 Å². The summed E-state index contributed by atoms with van der Waals surface area (Å²) in [4.78, 5) is 27.3. The number of para-hydroxylation sites is 1. The first-order valence-electron chi connectivity index (χ1n) is 9.24. The van der Waals surface area contributed by atoms with Crippen LogP contribution in [-0.4, -0.2) is 15.9 Å². The molecule has 0 N–H and O–H groups in total. The number of benzene rings is 2. The summed E-state index contributed by atoms with van der Waals surface area (Å²) in [6.07, 6.45) is 4.41. The summed E-state index contributed by atoms with van der Waals surface area (Å²) in [6.45, 7) is 0. The molecule has 7 nitrogen and oxygen atoms in total. The first-order valence-corrected chi connectivity index (χ1v) is 10.9. The molecule has 0 amide bonds. The average molecular weight is 460 g/mol. The second-order valence-electron chi connectivity index (χ2n) is 6.41. The fourth-order valence-corrected chi connectivity index (χ4v) is 4.41. The van der Waals surface area contributed by atoms with Gasteiger partial charge >= 0.3 is 11.0 Å². The second-order valence-corrected chi connectivity index (χ2v) is 8.54. The highest BCUT2D eigenvalue weighted by Crippen LogP contribution is 2.28. The third-order valence-electron chi connectivity index (χ3n) is 4.23. The van der Waals surface area contributed by atoms with E-state index in [0.717, 1.165) is 27.1 Å². The van der Waals surface area contributed by atoms with Gasteiger partial charge in [-0.2, -0.15) is 5.26 Å². The first-order chi connectivity index (χ1) is 15.5. The molecular formula is C23H13N3O4S2. The lowest BCUT2D eigenvalue weighted by Crippen LogP contribution is -2.03. The lowest BCUT2D eigenvalue weighted by atomic mass is 10.1. The van der Waals surface area contributed by atoms with Gasteiger partial charge in [0.1, 0.15) is 16.8 Å². The SMILES string of the molecule is N#C/C(=C\c1ccc(OC(=O)/C=C/c2ccc([N+](=O)[O-])s2)cc1)c1nc2ccccc2s1. The highest BCUT2D eigenvalue weighted by Gasteiger charge is 2.10. The van der Waals surface area contributed by atoms with Crippen molar-refractivity contribution in [3.05, 3.63) is 92.3 Å². The van der Waals surface area contributed by atoms with E-state index in [0.29, 0.717) is 21.2 Å². The number of carbonyl (C=O) groups is 1. The number of hydrogen-bond donors (Lipinski definition) is 0. The maximum absolute atomic E-state index is 12.0. The van der Waals surface area contributed by atoms with Crippen LogP contribution in [0.15, 0.2) is 66.7 Å². The molecule has 0 atom stereocenters. The predicted octanol–water partition coefficient (Wildman–Crippen LogP) is 5.95. The Morgan fingerprint density at radius 2 is 1.88 bits per heavy atom. The lowest BCUT2D eigenvalue weighted by Gasteiger charge is -2.02. The molecule has 0 saturated heterocycles. The number of aromatic nitrogens is 1. The van der Waals surface area contributed by atoms with E-state index in [1.165, 1.54) is 29.6 Å². The number of thiophene rings is 1. The minimum Gasteiger partial charge on any atom is -0.423 e. The zero-order chi connectivity index (χ0) is 22.5. The third-order valence-corrected chi connectivity index (χ3v) is 6.30. The van der Waals surface area contributed by atoms with Crippen molar-refractivity contribution >= 4 is 61.6 Å². The summed E-state index contributed by atoms with van der Waals surface area (Å²) in [5.74, 6) is -0.260. The molecule has 2 aromatic carbocycles. The van der Waals surface area contributed by atoms with Gasteiger partial charge in [-0.3, -0.25) is 10.1 Å². The van der Waals surface area contributed by atoms with Crippen molar-refractivity contribution in [3.63, 3.8) is 0 Å². The van der Waals surface area contributed by atoms with Gasteiger partial charge in [-0.25, -0.2) is 9.78 Å². The molecule has 4 rings (SSSR count). The Balaban J connectivity index is 1.43. The number of rotatable bonds is 6. The number of nitrogens with zero attached hydrogens (tertiary/aromatic N) is 3. The van der Waals surface area contributed by atoms with Crippen LogP contribution in [0.4, 0.5) is 5.00 Å². The molecule has 9 heteroatoms. The number of esters is 1. The zero-order valence-electron chi connectivity index (χ0n) is 16.3. The zero-order valence-corrected chi connectivity index (χ0v) is 17.9. The Hall–Kier alpha value is -4.13. The van der Waals surface area contributed by atoms with Crippen LogP contribution in [-0.2, 0) is 4.79 Å². The van der Waals surface area contributed by atoms with E-state index in [1.807, 2.05) is 24.3 Å². The van der Waals surface area contributed by atoms with Gasteiger partial charge in [-0.1, -0.05) is 35.6 Å². The topological polar surface area (TPSA) is 106 Å². The van der Waals surface area contributed by atoms with Gasteiger partial charge in [-0.05, 0) is 48.0 Å². The molecular weight excluding hydrogens is 446 g/mol. The van der Waals surface area contributed by atoms with Gasteiger partial charge in [0.15, 0.2) is 0 Å². The smallest absolute Gasteiger partial charge is 0.336 e. The normalized spacial score (nSPS) is 11.5. The standard InChI is InChI=1S/C23H13N3O4S2/c24-14-16(23-25-19-3-1-2-4-20(19)32-23)13-15-5-7-17(8-6-15)30-22(27)12-10-18-9-11-21(31-18)26(28)29/h1-13H/b12-10+,16-13+. The van der Waals surface area contributed by atoms with E-state index in [4.69, 9.17) is 4.74 Å². The van der Waals surface area contributed by atoms with Crippen LogP contribution >= 0.6 is 22.7 Å². The molecule has 32 heavy (non-hydrogen) atoms. The van der Waals surface area contributed by atoms with E-state index >= 15 is 0 Å². The Bertz CT molecular complexity index is 1380. The quantitative estimate of drug-likeness (QED) is 0.0881. The minimum absolute atomic E-state index is 0.00393. The fourth-order valence-electron chi connectivity index (χ4n) is 2.76. The number of allylic oxidation sites excluding steroid dienone is 1. The molecule has 0 aliphatic heterocycles. The summed E-state index contributed by atoms with van der Waals surface area (Å²) in [7, 11) is 0. The van der Waals surface area contributed by atoms with Crippen LogP contribution in [0.1, 0.15) is 15.4 Å². The Labute approximate surface area is 190 Å². The van der Waals surface area contributed by atoms with Crippen molar-refractivity contribution in [2.75, 3.05) is 0 Å². The fraction of sp³-hybridized carbons (Fsp3) is 0. The molecule has 156 valence electrons. The maximum Gasteiger partial charge on any atom is 0.336 e. The molecule has 0 aliphatic carbocycles. The largest absolute Gasteiger partial charge is 0.423 e. The molecule has 0 spiro atoms. The molecule has 2 heterocycles. The van der Waals surface area contributed by atoms with Gasteiger partial charge in [-0.15, -0.1) is 11.3 Å². The molecule has 0 unspecified atom stereocenters. The van der Waals surface area contributed by atoms with Crippen molar-refractivity contribution in [3.8, 4) is 11.8 Å². The van der Waals surface area contributed by atoms with Gasteiger partial charge in [0.05, 0.1) is 20.7 Å². The highest BCUT2D eigenvalue weighted by molar-refractivity contribution is 7.19. The monoisotopic (exact) mass is 459 g/mol. The molecule has 0 aliphatic rings. The van der Waals surface area contributed by atoms with Crippen molar-refractivity contribution in [1.82, 2.24) is 4.98 Å². The molecule has 0 radical (unpaired) electrons. The Morgan fingerprint density at radius 1 is 1.09 bits per heavy atom. The van der Waals surface area contributed by atoms with Crippen LogP contribution in [0.5, 0.6) is 5.75 Å². The van der Waals surface area contributed by atoms with Crippen molar-refractivity contribution < 1.29 is 14.5 Å². The highest BCUT2D eigenvalue weighted by atomic mass is 32.1. The van der Waals surface area contributed by atoms with E-state index in [-0.39, 0.29) is 5.00 Å². The summed E-state index contributed by atoms with van der Waals surface area (Å²) in [5.41, 5.74) is 2.06. The molecule has 0 bridgehead atoms. The lowest BCUT2D eigenvalue weighted by molar-refractivity contribution is -0.380. The summed E-state index contributed by atoms with van der Waals surface area (Å²) in [5, 5.41) is 20.9. The number of nitro groups is 1. The number of thiazole rings is 1. The van der Waals surface area contributed by atoms with E-state index in [2.05, 4.69) is 11.1 Å². The van der Waals surface area contributed by atoms with Crippen molar-refractivity contribution in [2.24, 2.45) is 0 Å². The number of ether oxygens (including phenoxy) is 1. The van der Waals surface area contributed by atoms with Crippen molar-refractivity contribution in [2.45, 2.75) is 0 Å². The molecule has 0 fully saturated rings. The van der Waals surface area contributed by atoms with E-state index in [9.17, 15) is 20.2 Å². The average Bonchev–Trinajstić information content (AvgIpc) is 3.44. The molecule has 4 aromatic rings. The summed E-state index contributed by atoms with van der Waals surface area (Å²) in [6, 6.07) is 19.6. The first kappa shape index (κ1) is 21.1. The minimum atomic E-state index is -0.600. The van der Waals surface area contributed by atoms with Gasteiger partial charge in [0.2, 0.25) is 0 Å². The van der Waals surface area contributed by atoms with Crippen LogP contribution < -0.4 is 4.74 Å². The van der Waals surface area contributed by atoms with Gasteiger partial charge < -0.3 is 4.74 Å². The van der Waals surface area contributed by atoms with E-state index < -0.39 is 10.9 Å². The molecule has 2 aromatic heterocycles. The van der Waals surface area contributed by atoms with Crippen LogP contribution in [0.25, 0.3) is 27.9 Å². The Morgan fingerprint density at radius 3 is 2.56 bits per heavy atom. The van der Waals surface area contributed by atoms with Gasteiger partial charge in [0, 0.05) is 17.0 Å². The summed E-state index contributed by atoms with van der Waals surface area (Å²) < 4.78 is 6.26. The van der Waals surface area contributed by atoms with Crippen LogP contribution in [0.2, 0.25) is 0 Å². The van der Waals surface area contributed by atoms with Crippen LogP contribution in [0, 0.1) is 21.4 Å². The maximum atomic E-state index is 12.0. The Kier molecular flexibility index (Phi) is 6.17. The number of fused-ring (bicyclic) bond motifs is 1. The van der Waals surface area contributed by atoms with Gasteiger partial charge in [0.25, 0.3) is 0 Å². The number of nitriles is 1. The van der Waals surface area contributed by atoms with E-state index in [1.54, 1.807) is 36.4 Å². The van der Waals surface area contributed by atoms with Crippen molar-refractivity contribution in [1.29, 1.82) is 5.26 Å². The third kappa shape index (κ3) is 4.95. The molecule has 0 saturated carbocycles. The number of carbonyl (C=O) groups excluding carboxylic acids is 1. The summed E-state index contributed by atoms with van der Waals surface area (Å²) >= 11 is 2.42. The second kappa shape index (κ2) is 9.34.